The monoisotopic (exact) mass is 420 g/mol. The molecule has 2 aromatic carbocycles. The van der Waals surface area contributed by atoms with E-state index in [-0.39, 0.29) is 17.9 Å². The van der Waals surface area contributed by atoms with Gasteiger partial charge in [0.2, 0.25) is 5.91 Å². The van der Waals surface area contributed by atoms with Crippen LogP contribution in [0.3, 0.4) is 0 Å². The fourth-order valence-electron chi connectivity index (χ4n) is 4.11. The van der Waals surface area contributed by atoms with Crippen molar-refractivity contribution in [2.75, 3.05) is 13.1 Å². The molecule has 0 aliphatic carbocycles. The number of rotatable bonds is 8. The van der Waals surface area contributed by atoms with Crippen LogP contribution in [0.5, 0.6) is 5.75 Å². The summed E-state index contributed by atoms with van der Waals surface area (Å²) in [5.74, 6) is 0.625. The summed E-state index contributed by atoms with van der Waals surface area (Å²) in [6, 6.07) is 14.1. The van der Waals surface area contributed by atoms with E-state index in [0.29, 0.717) is 31.7 Å². The minimum Gasteiger partial charge on any atom is -0.481 e. The van der Waals surface area contributed by atoms with Crippen molar-refractivity contribution in [3.05, 3.63) is 77.4 Å². The number of carbonyl (C=O) groups is 2. The summed E-state index contributed by atoms with van der Waals surface area (Å²) in [5, 5.41) is 2.80. The summed E-state index contributed by atoms with van der Waals surface area (Å²) in [4.78, 5) is 27.1. The van der Waals surface area contributed by atoms with Gasteiger partial charge in [-0.3, -0.25) is 9.59 Å². The molecule has 1 N–H and O–H groups in total. The molecule has 3 rings (SSSR count). The van der Waals surface area contributed by atoms with E-state index in [9.17, 15) is 9.59 Å². The third-order valence-electron chi connectivity index (χ3n) is 5.69. The minimum absolute atomic E-state index is 0.138. The van der Waals surface area contributed by atoms with Gasteiger partial charge >= 0.3 is 0 Å². The van der Waals surface area contributed by atoms with Crippen molar-refractivity contribution in [2.24, 2.45) is 0 Å². The maximum absolute atomic E-state index is 12.8. The number of nitrogens with one attached hydrogen (secondary N) is 1. The molecule has 0 spiro atoms. The van der Waals surface area contributed by atoms with Crippen LogP contribution in [-0.4, -0.2) is 35.9 Å². The lowest BCUT2D eigenvalue weighted by atomic mass is 9.87. The molecule has 2 aromatic rings. The number of fused-ring (bicyclic) bond motifs is 1. The normalized spacial score (nSPS) is 16.2. The summed E-state index contributed by atoms with van der Waals surface area (Å²) in [5.41, 5.74) is 4.53. The number of benzene rings is 2. The molecule has 5 heteroatoms. The molecule has 1 aliphatic heterocycles. The molecule has 0 saturated heterocycles. The van der Waals surface area contributed by atoms with Gasteiger partial charge in [-0.2, -0.15) is 0 Å². The van der Waals surface area contributed by atoms with E-state index in [1.807, 2.05) is 36.9 Å². The first kappa shape index (κ1) is 22.6. The lowest BCUT2D eigenvalue weighted by Gasteiger charge is -2.38. The summed E-state index contributed by atoms with van der Waals surface area (Å²) in [6.07, 6.45) is 2.90. The Kier molecular flexibility index (Phi) is 7.50. The fourth-order valence-corrected chi connectivity index (χ4v) is 4.11. The second-order valence-corrected chi connectivity index (χ2v) is 7.92. The van der Waals surface area contributed by atoms with Crippen LogP contribution in [0.2, 0.25) is 0 Å². The van der Waals surface area contributed by atoms with Crippen LogP contribution in [-0.2, 0) is 16.0 Å². The van der Waals surface area contributed by atoms with Crippen molar-refractivity contribution in [2.45, 2.75) is 52.2 Å². The SMILES string of the molecule is C=CCNC(=O)C(CC)Oc1ccc2c(c1)C(c1cccc(C)c1)N(C(=O)CC)CC2. The van der Waals surface area contributed by atoms with Crippen LogP contribution < -0.4 is 10.1 Å². The number of ether oxygens (including phenoxy) is 1. The Morgan fingerprint density at radius 3 is 2.74 bits per heavy atom. The Hall–Kier alpha value is -3.08. The average Bonchev–Trinajstić information content (AvgIpc) is 2.79. The van der Waals surface area contributed by atoms with Crippen LogP contribution >= 0.6 is 0 Å². The lowest BCUT2D eigenvalue weighted by molar-refractivity contribution is -0.133. The van der Waals surface area contributed by atoms with E-state index >= 15 is 0 Å². The summed E-state index contributed by atoms with van der Waals surface area (Å²) in [6.45, 7) is 10.6. The van der Waals surface area contributed by atoms with Crippen molar-refractivity contribution >= 4 is 11.8 Å². The zero-order valence-corrected chi connectivity index (χ0v) is 18.7. The second kappa shape index (κ2) is 10.3. The van der Waals surface area contributed by atoms with Gasteiger partial charge in [-0.15, -0.1) is 6.58 Å². The van der Waals surface area contributed by atoms with Gasteiger partial charge in [-0.1, -0.05) is 55.8 Å². The van der Waals surface area contributed by atoms with Gasteiger partial charge in [0, 0.05) is 19.5 Å². The summed E-state index contributed by atoms with van der Waals surface area (Å²) < 4.78 is 6.07. The molecule has 5 nitrogen and oxygen atoms in total. The molecule has 164 valence electrons. The number of hydrogen-bond acceptors (Lipinski definition) is 3. The second-order valence-electron chi connectivity index (χ2n) is 7.92. The topological polar surface area (TPSA) is 58.6 Å². The number of nitrogens with zero attached hydrogens (tertiary/aromatic N) is 1. The zero-order valence-electron chi connectivity index (χ0n) is 18.7. The molecule has 2 amide bonds. The van der Waals surface area contributed by atoms with E-state index in [1.165, 1.54) is 5.56 Å². The molecule has 2 unspecified atom stereocenters. The molecular formula is C26H32N2O3. The highest BCUT2D eigenvalue weighted by Crippen LogP contribution is 2.38. The van der Waals surface area contributed by atoms with Crippen molar-refractivity contribution in [1.29, 1.82) is 0 Å². The molecule has 0 aromatic heterocycles. The first-order valence-corrected chi connectivity index (χ1v) is 11.0. The van der Waals surface area contributed by atoms with E-state index in [4.69, 9.17) is 4.74 Å². The Morgan fingerprint density at radius 1 is 1.26 bits per heavy atom. The average molecular weight is 421 g/mol. The van der Waals surface area contributed by atoms with Crippen LogP contribution in [0, 0.1) is 6.92 Å². The number of aryl methyl sites for hydroxylation is 1. The number of hydrogen-bond donors (Lipinski definition) is 1. The van der Waals surface area contributed by atoms with Crippen LogP contribution in [0.15, 0.2) is 55.1 Å². The van der Waals surface area contributed by atoms with Crippen LogP contribution in [0.25, 0.3) is 0 Å². The maximum atomic E-state index is 12.8. The molecule has 31 heavy (non-hydrogen) atoms. The lowest BCUT2D eigenvalue weighted by Crippen LogP contribution is -2.40. The van der Waals surface area contributed by atoms with Gasteiger partial charge in [-0.05, 0) is 48.6 Å². The number of carbonyl (C=O) groups excluding carboxylic acids is 2. The van der Waals surface area contributed by atoms with Gasteiger partial charge in [-0.25, -0.2) is 0 Å². The number of amides is 2. The third kappa shape index (κ3) is 5.16. The van der Waals surface area contributed by atoms with Gasteiger partial charge < -0.3 is 15.0 Å². The molecule has 0 radical (unpaired) electrons. The van der Waals surface area contributed by atoms with Crippen LogP contribution in [0.1, 0.15) is 55.0 Å². The Labute approximate surface area is 185 Å². The fraction of sp³-hybridized carbons (Fsp3) is 0.385. The first-order chi connectivity index (χ1) is 15.0. The first-order valence-electron chi connectivity index (χ1n) is 11.0. The zero-order chi connectivity index (χ0) is 22.4. The summed E-state index contributed by atoms with van der Waals surface area (Å²) in [7, 11) is 0. The Morgan fingerprint density at radius 2 is 2.06 bits per heavy atom. The molecular weight excluding hydrogens is 388 g/mol. The molecule has 0 bridgehead atoms. The third-order valence-corrected chi connectivity index (χ3v) is 5.69. The predicted molar refractivity (Wildman–Crippen MR) is 123 cm³/mol. The standard InChI is InChI=1S/C26H32N2O3/c1-5-14-27-26(30)23(6-2)31-21-12-11-19-13-15-28(24(29)7-3)25(22(19)17-21)20-10-8-9-18(4)16-20/h5,8-12,16-17,23,25H,1,6-7,13-15H2,2-4H3,(H,27,30). The highest BCUT2D eigenvalue weighted by atomic mass is 16.5. The minimum atomic E-state index is -0.576. The van der Waals surface area contributed by atoms with E-state index in [0.717, 1.165) is 23.1 Å². The quantitative estimate of drug-likeness (QED) is 0.647. The molecule has 2 atom stereocenters. The van der Waals surface area contributed by atoms with Crippen molar-refractivity contribution < 1.29 is 14.3 Å². The maximum Gasteiger partial charge on any atom is 0.261 e. The molecule has 1 aliphatic rings. The van der Waals surface area contributed by atoms with Gasteiger partial charge in [0.25, 0.3) is 5.91 Å². The van der Waals surface area contributed by atoms with E-state index < -0.39 is 6.10 Å². The largest absolute Gasteiger partial charge is 0.481 e. The molecule has 0 fully saturated rings. The van der Waals surface area contributed by atoms with E-state index in [1.54, 1.807) is 6.08 Å². The summed E-state index contributed by atoms with van der Waals surface area (Å²) >= 11 is 0. The van der Waals surface area contributed by atoms with Gasteiger partial charge in [0.05, 0.1) is 6.04 Å². The smallest absolute Gasteiger partial charge is 0.261 e. The van der Waals surface area contributed by atoms with Crippen molar-refractivity contribution in [3.63, 3.8) is 0 Å². The van der Waals surface area contributed by atoms with E-state index in [2.05, 4.69) is 43.1 Å². The highest BCUT2D eigenvalue weighted by Gasteiger charge is 2.32. The van der Waals surface area contributed by atoms with Crippen LogP contribution in [0.4, 0.5) is 0 Å². The van der Waals surface area contributed by atoms with Gasteiger partial charge in [0.1, 0.15) is 5.75 Å². The van der Waals surface area contributed by atoms with Gasteiger partial charge in [0.15, 0.2) is 6.10 Å². The van der Waals surface area contributed by atoms with Crippen molar-refractivity contribution in [3.8, 4) is 5.75 Å². The molecule has 1 heterocycles. The Bertz CT molecular complexity index is 953. The Balaban J connectivity index is 1.97. The highest BCUT2D eigenvalue weighted by molar-refractivity contribution is 5.81. The molecule has 0 saturated carbocycles. The predicted octanol–water partition coefficient (Wildman–Crippen LogP) is 4.34. The van der Waals surface area contributed by atoms with Crippen molar-refractivity contribution in [1.82, 2.24) is 10.2 Å².